The van der Waals surface area contributed by atoms with Crippen molar-refractivity contribution < 1.29 is 19.0 Å². The number of pyridine rings is 1. The van der Waals surface area contributed by atoms with Crippen molar-refractivity contribution in [3.8, 4) is 23.0 Å². The fourth-order valence-electron chi connectivity index (χ4n) is 2.47. The SMILES string of the molecule is Cl.N[C@H](CC(=O)O)Cc1ccnc(-c2ccc(Oc3ncc(Cl)cc3F)cc2)n1. The summed E-state index contributed by atoms with van der Waals surface area (Å²) in [6.45, 7) is 0. The fourth-order valence-corrected chi connectivity index (χ4v) is 2.62. The maximum atomic E-state index is 13.8. The molecule has 2 heterocycles. The molecule has 152 valence electrons. The molecule has 0 unspecified atom stereocenters. The van der Waals surface area contributed by atoms with Gasteiger partial charge in [-0.15, -0.1) is 12.4 Å². The second-order valence-corrected chi connectivity index (χ2v) is 6.44. The van der Waals surface area contributed by atoms with Crippen LogP contribution in [0.4, 0.5) is 4.39 Å². The molecule has 0 saturated carbocycles. The Kier molecular flexibility index (Phi) is 7.83. The number of carbonyl (C=O) groups is 1. The Labute approximate surface area is 177 Å². The zero-order chi connectivity index (χ0) is 20.1. The zero-order valence-corrected chi connectivity index (χ0v) is 16.5. The number of halogens is 3. The summed E-state index contributed by atoms with van der Waals surface area (Å²) in [6.07, 6.45) is 3.07. The minimum Gasteiger partial charge on any atom is -0.481 e. The van der Waals surface area contributed by atoms with Gasteiger partial charge in [0.05, 0.1) is 11.4 Å². The largest absolute Gasteiger partial charge is 0.481 e. The molecule has 3 rings (SSSR count). The molecule has 0 bridgehead atoms. The van der Waals surface area contributed by atoms with Crippen LogP contribution in [0, 0.1) is 5.82 Å². The zero-order valence-electron chi connectivity index (χ0n) is 15.0. The summed E-state index contributed by atoms with van der Waals surface area (Å²) < 4.78 is 19.2. The molecule has 7 nitrogen and oxygen atoms in total. The Morgan fingerprint density at radius 2 is 1.97 bits per heavy atom. The molecule has 0 spiro atoms. The number of benzene rings is 1. The van der Waals surface area contributed by atoms with Crippen molar-refractivity contribution in [2.75, 3.05) is 0 Å². The maximum Gasteiger partial charge on any atom is 0.304 e. The number of hydrogen-bond donors (Lipinski definition) is 2. The highest BCUT2D eigenvalue weighted by Gasteiger charge is 2.12. The van der Waals surface area contributed by atoms with Crippen molar-refractivity contribution in [2.24, 2.45) is 5.73 Å². The van der Waals surface area contributed by atoms with Crippen LogP contribution in [0.1, 0.15) is 12.1 Å². The van der Waals surface area contributed by atoms with Crippen molar-refractivity contribution in [3.63, 3.8) is 0 Å². The Morgan fingerprint density at radius 1 is 1.24 bits per heavy atom. The van der Waals surface area contributed by atoms with E-state index in [1.54, 1.807) is 36.5 Å². The summed E-state index contributed by atoms with van der Waals surface area (Å²) in [4.78, 5) is 23.2. The second kappa shape index (κ2) is 10.1. The van der Waals surface area contributed by atoms with Gasteiger partial charge in [0.1, 0.15) is 5.75 Å². The number of nitrogens with two attached hydrogens (primary N) is 1. The lowest BCUT2D eigenvalue weighted by Crippen LogP contribution is -2.26. The number of ether oxygens (including phenoxy) is 1. The lowest BCUT2D eigenvalue weighted by atomic mass is 10.1. The highest BCUT2D eigenvalue weighted by atomic mass is 35.5. The van der Waals surface area contributed by atoms with Gasteiger partial charge in [-0.25, -0.2) is 19.3 Å². The Balaban J connectivity index is 0.00000300. The summed E-state index contributed by atoms with van der Waals surface area (Å²) >= 11 is 5.67. The van der Waals surface area contributed by atoms with Crippen LogP contribution >= 0.6 is 24.0 Å². The molecule has 1 aromatic carbocycles. The Hall–Kier alpha value is -2.81. The quantitative estimate of drug-likeness (QED) is 0.575. The molecule has 0 fully saturated rings. The number of carboxylic acid groups (broad SMARTS) is 1. The van der Waals surface area contributed by atoms with Crippen molar-refractivity contribution >= 4 is 30.0 Å². The number of hydrogen-bond acceptors (Lipinski definition) is 6. The van der Waals surface area contributed by atoms with Gasteiger partial charge in [-0.3, -0.25) is 4.79 Å². The van der Waals surface area contributed by atoms with Gasteiger partial charge < -0.3 is 15.6 Å². The van der Waals surface area contributed by atoms with Gasteiger partial charge in [0.15, 0.2) is 11.6 Å². The summed E-state index contributed by atoms with van der Waals surface area (Å²) in [6, 6.07) is 9.00. The fraction of sp³-hybridized carbons (Fsp3) is 0.158. The van der Waals surface area contributed by atoms with Gasteiger partial charge in [-0.1, -0.05) is 11.6 Å². The van der Waals surface area contributed by atoms with Crippen LogP contribution in [0.25, 0.3) is 11.4 Å². The molecule has 0 saturated heterocycles. The number of rotatable bonds is 7. The Morgan fingerprint density at radius 3 is 2.62 bits per heavy atom. The molecule has 0 aliphatic heterocycles. The van der Waals surface area contributed by atoms with E-state index in [2.05, 4.69) is 15.0 Å². The maximum absolute atomic E-state index is 13.8. The topological polar surface area (TPSA) is 111 Å². The monoisotopic (exact) mass is 438 g/mol. The second-order valence-electron chi connectivity index (χ2n) is 6.00. The molecule has 0 aliphatic carbocycles. The van der Waals surface area contributed by atoms with E-state index in [1.165, 1.54) is 6.20 Å². The van der Waals surface area contributed by atoms with Gasteiger partial charge >= 0.3 is 5.97 Å². The predicted octanol–water partition coefficient (Wildman–Crippen LogP) is 3.89. The van der Waals surface area contributed by atoms with Crippen LogP contribution < -0.4 is 10.5 Å². The highest BCUT2D eigenvalue weighted by molar-refractivity contribution is 6.30. The van der Waals surface area contributed by atoms with Crippen LogP contribution in [0.3, 0.4) is 0 Å². The van der Waals surface area contributed by atoms with E-state index in [0.717, 1.165) is 6.07 Å². The average Bonchev–Trinajstić information content (AvgIpc) is 2.64. The average molecular weight is 439 g/mol. The summed E-state index contributed by atoms with van der Waals surface area (Å²) in [5.74, 6) is -0.948. The third-order valence-corrected chi connectivity index (χ3v) is 3.93. The smallest absolute Gasteiger partial charge is 0.304 e. The number of nitrogens with zero attached hydrogens (tertiary/aromatic N) is 3. The molecule has 1 atom stereocenters. The number of aromatic nitrogens is 3. The summed E-state index contributed by atoms with van der Waals surface area (Å²) in [5, 5.41) is 8.98. The minimum absolute atomic E-state index is 0. The van der Waals surface area contributed by atoms with Crippen LogP contribution in [-0.4, -0.2) is 32.1 Å². The standard InChI is InChI=1S/C19H16ClFN4O3.ClH/c20-12-7-16(21)19(24-10-12)28-15-3-1-11(2-4-15)18-23-6-5-14(25-18)8-13(22)9-17(26)27;/h1-7,10,13H,8-9,22H2,(H,26,27);1H/t13-;/m0./s1. The molecule has 3 N–H and O–H groups in total. The van der Waals surface area contributed by atoms with Crippen LogP contribution in [-0.2, 0) is 11.2 Å². The molecular weight excluding hydrogens is 422 g/mol. The summed E-state index contributed by atoms with van der Waals surface area (Å²) in [5.41, 5.74) is 7.17. The molecule has 0 aliphatic rings. The molecule has 0 amide bonds. The molecule has 3 aromatic rings. The molecule has 29 heavy (non-hydrogen) atoms. The van der Waals surface area contributed by atoms with Crippen molar-refractivity contribution in [3.05, 3.63) is 65.3 Å². The number of aliphatic carboxylic acids is 1. The third kappa shape index (κ3) is 6.35. The Bertz CT molecular complexity index is 989. The lowest BCUT2D eigenvalue weighted by Gasteiger charge is -2.09. The highest BCUT2D eigenvalue weighted by Crippen LogP contribution is 2.26. The van der Waals surface area contributed by atoms with Gasteiger partial charge in [0.25, 0.3) is 5.88 Å². The van der Waals surface area contributed by atoms with Gasteiger partial charge in [-0.05, 0) is 36.4 Å². The van der Waals surface area contributed by atoms with Crippen LogP contribution in [0.2, 0.25) is 5.02 Å². The van der Waals surface area contributed by atoms with Gasteiger partial charge in [0.2, 0.25) is 0 Å². The predicted molar refractivity (Wildman–Crippen MR) is 108 cm³/mol. The van der Waals surface area contributed by atoms with E-state index in [1.807, 2.05) is 0 Å². The minimum atomic E-state index is -0.955. The lowest BCUT2D eigenvalue weighted by molar-refractivity contribution is -0.137. The van der Waals surface area contributed by atoms with E-state index in [-0.39, 0.29) is 29.7 Å². The van der Waals surface area contributed by atoms with E-state index in [9.17, 15) is 9.18 Å². The normalized spacial score (nSPS) is 11.4. The van der Waals surface area contributed by atoms with Crippen molar-refractivity contribution in [1.29, 1.82) is 0 Å². The van der Waals surface area contributed by atoms with Gasteiger partial charge in [-0.2, -0.15) is 0 Å². The first kappa shape index (κ1) is 22.5. The molecule has 2 aromatic heterocycles. The molecule has 0 radical (unpaired) electrons. The van der Waals surface area contributed by atoms with E-state index >= 15 is 0 Å². The van der Waals surface area contributed by atoms with Crippen LogP contribution in [0.5, 0.6) is 11.6 Å². The van der Waals surface area contributed by atoms with Crippen molar-refractivity contribution in [1.82, 2.24) is 15.0 Å². The first-order valence-electron chi connectivity index (χ1n) is 8.29. The van der Waals surface area contributed by atoms with E-state index < -0.39 is 17.8 Å². The molecular formula is C19H17Cl2FN4O3. The third-order valence-electron chi connectivity index (χ3n) is 3.72. The van der Waals surface area contributed by atoms with E-state index in [4.69, 9.17) is 27.2 Å². The number of carboxylic acids is 1. The first-order chi connectivity index (χ1) is 13.4. The summed E-state index contributed by atoms with van der Waals surface area (Å²) in [7, 11) is 0. The first-order valence-corrected chi connectivity index (χ1v) is 8.67. The van der Waals surface area contributed by atoms with Crippen molar-refractivity contribution in [2.45, 2.75) is 18.9 Å². The van der Waals surface area contributed by atoms with Gasteiger partial charge in [0, 0.05) is 36.1 Å². The van der Waals surface area contributed by atoms with Crippen LogP contribution in [0.15, 0.2) is 48.8 Å². The van der Waals surface area contributed by atoms with E-state index in [0.29, 0.717) is 29.3 Å². The molecule has 10 heteroatoms.